The van der Waals surface area contributed by atoms with Crippen molar-refractivity contribution in [2.45, 2.75) is 43.8 Å². The van der Waals surface area contributed by atoms with Crippen LogP contribution in [0.1, 0.15) is 38.5 Å². The zero-order valence-corrected chi connectivity index (χ0v) is 11.9. The van der Waals surface area contributed by atoms with Crippen LogP contribution < -0.4 is 10.6 Å². The van der Waals surface area contributed by atoms with Gasteiger partial charge in [0.05, 0.1) is 5.41 Å². The molecule has 1 saturated carbocycles. The van der Waals surface area contributed by atoms with Crippen molar-refractivity contribution in [3.63, 3.8) is 0 Å². The van der Waals surface area contributed by atoms with Crippen LogP contribution in [0, 0.1) is 11.3 Å². The topological polar surface area (TPSA) is 41.1 Å². The van der Waals surface area contributed by atoms with Crippen LogP contribution in [-0.2, 0) is 4.79 Å². The second-order valence-electron chi connectivity index (χ2n) is 6.07. The molecule has 1 amide bonds. The van der Waals surface area contributed by atoms with Gasteiger partial charge in [-0.25, -0.2) is 0 Å². The number of thioether (sulfide) groups is 1. The molecule has 0 aromatic rings. The van der Waals surface area contributed by atoms with Crippen molar-refractivity contribution in [2.75, 3.05) is 25.4 Å². The SMILES string of the molecule is O=C(NCC1CCCS1)[C@@]12CCCC[C@H]1CNC2. The number of hydrogen-bond donors (Lipinski definition) is 2. The average Bonchev–Trinajstić information content (AvgIpc) is 3.05. The van der Waals surface area contributed by atoms with E-state index in [2.05, 4.69) is 10.6 Å². The van der Waals surface area contributed by atoms with Crippen molar-refractivity contribution < 1.29 is 4.79 Å². The predicted molar refractivity (Wildman–Crippen MR) is 75.8 cm³/mol. The lowest BCUT2D eigenvalue weighted by atomic mass is 9.67. The van der Waals surface area contributed by atoms with E-state index in [9.17, 15) is 4.79 Å². The second-order valence-corrected chi connectivity index (χ2v) is 7.48. The van der Waals surface area contributed by atoms with Crippen molar-refractivity contribution in [2.24, 2.45) is 11.3 Å². The number of carbonyl (C=O) groups excluding carboxylic acids is 1. The Morgan fingerprint density at radius 3 is 3.11 bits per heavy atom. The van der Waals surface area contributed by atoms with Crippen LogP contribution in [0.5, 0.6) is 0 Å². The van der Waals surface area contributed by atoms with Crippen LogP contribution in [0.15, 0.2) is 0 Å². The van der Waals surface area contributed by atoms with E-state index < -0.39 is 0 Å². The van der Waals surface area contributed by atoms with Gasteiger partial charge >= 0.3 is 0 Å². The van der Waals surface area contributed by atoms with Crippen LogP contribution in [-0.4, -0.2) is 36.5 Å². The Balaban J connectivity index is 1.59. The van der Waals surface area contributed by atoms with Gasteiger partial charge in [0.2, 0.25) is 5.91 Å². The van der Waals surface area contributed by atoms with E-state index in [0.717, 1.165) is 26.1 Å². The fourth-order valence-corrected chi connectivity index (χ4v) is 5.08. The molecule has 0 radical (unpaired) electrons. The minimum absolute atomic E-state index is 0.0679. The molecule has 0 bridgehead atoms. The first-order valence-corrected chi connectivity index (χ1v) is 8.47. The first-order chi connectivity index (χ1) is 8.81. The van der Waals surface area contributed by atoms with E-state index in [4.69, 9.17) is 0 Å². The Hall–Kier alpha value is -0.220. The van der Waals surface area contributed by atoms with Gasteiger partial charge in [0, 0.05) is 18.3 Å². The number of rotatable bonds is 3. The molecule has 4 heteroatoms. The van der Waals surface area contributed by atoms with Gasteiger partial charge in [-0.15, -0.1) is 0 Å². The number of fused-ring (bicyclic) bond motifs is 1. The minimum atomic E-state index is -0.0679. The molecule has 1 unspecified atom stereocenters. The largest absolute Gasteiger partial charge is 0.354 e. The van der Waals surface area contributed by atoms with Crippen molar-refractivity contribution in [1.82, 2.24) is 10.6 Å². The van der Waals surface area contributed by atoms with Gasteiger partial charge in [-0.2, -0.15) is 11.8 Å². The average molecular weight is 268 g/mol. The molecule has 2 saturated heterocycles. The summed E-state index contributed by atoms with van der Waals surface area (Å²) in [6.45, 7) is 2.84. The van der Waals surface area contributed by atoms with Crippen LogP contribution in [0.4, 0.5) is 0 Å². The highest BCUT2D eigenvalue weighted by Gasteiger charge is 2.49. The molecule has 0 aromatic carbocycles. The summed E-state index contributed by atoms with van der Waals surface area (Å²) >= 11 is 2.02. The molecule has 2 heterocycles. The standard InChI is InChI=1S/C14H24N2OS/c17-13(16-9-12-5-3-7-18-12)14-6-2-1-4-11(14)8-15-10-14/h11-12,15H,1-10H2,(H,16,17)/t11-,12?,14+/m0/s1. The van der Waals surface area contributed by atoms with Crippen molar-refractivity contribution in [3.8, 4) is 0 Å². The summed E-state index contributed by atoms with van der Waals surface area (Å²) in [5, 5.41) is 7.37. The number of hydrogen-bond acceptors (Lipinski definition) is 3. The lowest BCUT2D eigenvalue weighted by Crippen LogP contribution is -2.49. The van der Waals surface area contributed by atoms with E-state index >= 15 is 0 Å². The molecule has 1 aliphatic carbocycles. The number of nitrogens with one attached hydrogen (secondary N) is 2. The summed E-state index contributed by atoms with van der Waals surface area (Å²) in [6, 6.07) is 0. The maximum atomic E-state index is 12.6. The van der Waals surface area contributed by atoms with Gasteiger partial charge in [0.15, 0.2) is 0 Å². The first-order valence-electron chi connectivity index (χ1n) is 7.42. The Kier molecular flexibility index (Phi) is 3.85. The Bertz CT molecular complexity index is 317. The smallest absolute Gasteiger partial charge is 0.227 e. The third-order valence-corrected chi connectivity index (χ3v) is 6.40. The van der Waals surface area contributed by atoms with Gasteiger partial charge in [-0.05, 0) is 43.9 Å². The highest BCUT2D eigenvalue weighted by atomic mass is 32.2. The lowest BCUT2D eigenvalue weighted by Gasteiger charge is -2.37. The summed E-state index contributed by atoms with van der Waals surface area (Å²) in [5.41, 5.74) is -0.0679. The highest BCUT2D eigenvalue weighted by Crippen LogP contribution is 2.43. The molecular formula is C14H24N2OS. The molecule has 3 atom stereocenters. The van der Waals surface area contributed by atoms with E-state index in [1.807, 2.05) is 11.8 Å². The number of carbonyl (C=O) groups is 1. The quantitative estimate of drug-likeness (QED) is 0.820. The first kappa shape index (κ1) is 12.8. The number of amides is 1. The molecule has 102 valence electrons. The molecule has 18 heavy (non-hydrogen) atoms. The van der Waals surface area contributed by atoms with E-state index in [1.54, 1.807) is 0 Å². The fourth-order valence-electron chi connectivity index (χ4n) is 3.88. The molecule has 0 spiro atoms. The maximum Gasteiger partial charge on any atom is 0.227 e. The van der Waals surface area contributed by atoms with Crippen LogP contribution >= 0.6 is 11.8 Å². The zero-order chi connectivity index (χ0) is 12.4. The molecule has 3 nitrogen and oxygen atoms in total. The molecule has 3 fully saturated rings. The molecule has 3 aliphatic rings. The molecule has 3 rings (SSSR count). The summed E-state index contributed by atoms with van der Waals surface area (Å²) < 4.78 is 0. The van der Waals surface area contributed by atoms with Gasteiger partial charge < -0.3 is 10.6 Å². The summed E-state index contributed by atoms with van der Waals surface area (Å²) in [7, 11) is 0. The summed E-state index contributed by atoms with van der Waals surface area (Å²) in [5.74, 6) is 2.20. The summed E-state index contributed by atoms with van der Waals surface area (Å²) in [6.07, 6.45) is 7.46. The Morgan fingerprint density at radius 1 is 1.33 bits per heavy atom. The third-order valence-electron chi connectivity index (χ3n) is 5.00. The normalized spacial score (nSPS) is 39.6. The lowest BCUT2D eigenvalue weighted by molar-refractivity contribution is -0.133. The zero-order valence-electron chi connectivity index (χ0n) is 11.0. The monoisotopic (exact) mass is 268 g/mol. The minimum Gasteiger partial charge on any atom is -0.354 e. The predicted octanol–water partition coefficient (Wildman–Crippen LogP) is 1.78. The fraction of sp³-hybridized carbons (Fsp3) is 0.929. The third kappa shape index (κ3) is 2.29. The van der Waals surface area contributed by atoms with Crippen LogP contribution in [0.25, 0.3) is 0 Å². The molecule has 2 N–H and O–H groups in total. The van der Waals surface area contributed by atoms with Gasteiger partial charge in [-0.3, -0.25) is 4.79 Å². The van der Waals surface area contributed by atoms with E-state index in [-0.39, 0.29) is 5.41 Å². The second kappa shape index (κ2) is 5.41. The van der Waals surface area contributed by atoms with Crippen molar-refractivity contribution in [3.05, 3.63) is 0 Å². The van der Waals surface area contributed by atoms with Gasteiger partial charge in [-0.1, -0.05) is 12.8 Å². The van der Waals surface area contributed by atoms with E-state index in [0.29, 0.717) is 17.1 Å². The Morgan fingerprint density at radius 2 is 2.28 bits per heavy atom. The summed E-state index contributed by atoms with van der Waals surface area (Å²) in [4.78, 5) is 12.6. The molecule has 0 aromatic heterocycles. The van der Waals surface area contributed by atoms with Crippen LogP contribution in [0.3, 0.4) is 0 Å². The van der Waals surface area contributed by atoms with Crippen molar-refractivity contribution in [1.29, 1.82) is 0 Å². The molecular weight excluding hydrogens is 244 g/mol. The van der Waals surface area contributed by atoms with Crippen molar-refractivity contribution >= 4 is 17.7 Å². The Labute approximate surface area is 114 Å². The van der Waals surface area contributed by atoms with E-state index in [1.165, 1.54) is 37.9 Å². The highest BCUT2D eigenvalue weighted by molar-refractivity contribution is 8.00. The van der Waals surface area contributed by atoms with Gasteiger partial charge in [0.25, 0.3) is 0 Å². The maximum absolute atomic E-state index is 12.6. The van der Waals surface area contributed by atoms with Gasteiger partial charge in [0.1, 0.15) is 0 Å². The van der Waals surface area contributed by atoms with Crippen LogP contribution in [0.2, 0.25) is 0 Å². The molecule has 2 aliphatic heterocycles.